The largest absolute Gasteiger partial charge is 0.320 e. The van der Waals surface area contributed by atoms with Gasteiger partial charge in [-0.3, -0.25) is 5.10 Å². The van der Waals surface area contributed by atoms with E-state index in [-0.39, 0.29) is 0 Å². The van der Waals surface area contributed by atoms with Gasteiger partial charge in [0.25, 0.3) is 0 Å². The predicted molar refractivity (Wildman–Crippen MR) is 52.6 cm³/mol. The Morgan fingerprint density at radius 1 is 1.38 bits per heavy atom. The first-order chi connectivity index (χ1) is 6.36. The van der Waals surface area contributed by atoms with Crippen LogP contribution in [0.3, 0.4) is 0 Å². The lowest BCUT2D eigenvalue weighted by Gasteiger charge is -1.94. The van der Waals surface area contributed by atoms with Gasteiger partial charge in [0, 0.05) is 12.8 Å². The topological polar surface area (TPSA) is 53.6 Å². The number of aryl methyl sites for hydroxylation is 2. The van der Waals surface area contributed by atoms with Crippen molar-refractivity contribution in [2.24, 2.45) is 0 Å². The lowest BCUT2D eigenvalue weighted by atomic mass is 10.3. The second-order valence-electron chi connectivity index (χ2n) is 3.16. The number of hydrogen-bond acceptors (Lipinski definition) is 3. The van der Waals surface area contributed by atoms with Crippen molar-refractivity contribution in [2.75, 3.05) is 13.6 Å². The Balaban J connectivity index is 2.31. The van der Waals surface area contributed by atoms with Crippen molar-refractivity contribution in [3.63, 3.8) is 0 Å². The number of rotatable bonds is 6. The number of H-pyrrole nitrogens is 1. The summed E-state index contributed by atoms with van der Waals surface area (Å²) in [6.45, 7) is 3.17. The summed E-state index contributed by atoms with van der Waals surface area (Å²) in [7, 11) is 1.96. The molecule has 1 rings (SSSR count). The average Bonchev–Trinajstić information content (AvgIpc) is 2.54. The van der Waals surface area contributed by atoms with E-state index in [0.717, 1.165) is 43.9 Å². The second kappa shape index (κ2) is 5.70. The molecule has 0 aliphatic rings. The van der Waals surface area contributed by atoms with Crippen molar-refractivity contribution < 1.29 is 0 Å². The molecule has 74 valence electrons. The summed E-state index contributed by atoms with van der Waals surface area (Å²) in [4.78, 5) is 4.38. The first kappa shape index (κ1) is 10.2. The van der Waals surface area contributed by atoms with Gasteiger partial charge in [-0.05, 0) is 26.4 Å². The highest BCUT2D eigenvalue weighted by Crippen LogP contribution is 1.98. The van der Waals surface area contributed by atoms with Crippen LogP contribution in [0.15, 0.2) is 0 Å². The molecule has 0 aliphatic heterocycles. The van der Waals surface area contributed by atoms with Crippen molar-refractivity contribution in [1.29, 1.82) is 0 Å². The number of nitrogens with zero attached hydrogens (tertiary/aromatic N) is 2. The van der Waals surface area contributed by atoms with Crippen LogP contribution in [0.1, 0.15) is 31.4 Å². The maximum Gasteiger partial charge on any atom is 0.150 e. The number of nitrogens with one attached hydrogen (secondary N) is 2. The van der Waals surface area contributed by atoms with Gasteiger partial charge in [0.1, 0.15) is 5.82 Å². The van der Waals surface area contributed by atoms with Crippen LogP contribution in [0.25, 0.3) is 0 Å². The molecule has 0 saturated heterocycles. The highest BCUT2D eigenvalue weighted by molar-refractivity contribution is 4.90. The molecule has 0 aliphatic carbocycles. The predicted octanol–water partition coefficient (Wildman–Crippen LogP) is 0.909. The van der Waals surface area contributed by atoms with Gasteiger partial charge in [-0.15, -0.1) is 0 Å². The summed E-state index contributed by atoms with van der Waals surface area (Å²) in [5.74, 6) is 1.96. The molecule has 0 aromatic carbocycles. The van der Waals surface area contributed by atoms with E-state index in [1.54, 1.807) is 0 Å². The molecule has 0 bridgehead atoms. The van der Waals surface area contributed by atoms with Crippen LogP contribution in [-0.4, -0.2) is 28.8 Å². The molecule has 0 fully saturated rings. The molecule has 2 N–H and O–H groups in total. The monoisotopic (exact) mass is 182 g/mol. The van der Waals surface area contributed by atoms with Gasteiger partial charge in [0.15, 0.2) is 5.82 Å². The molecular formula is C9H18N4. The molecule has 4 nitrogen and oxygen atoms in total. The molecule has 4 heteroatoms. The van der Waals surface area contributed by atoms with Gasteiger partial charge >= 0.3 is 0 Å². The third-order valence-electron chi connectivity index (χ3n) is 1.89. The van der Waals surface area contributed by atoms with Crippen LogP contribution in [0, 0.1) is 0 Å². The molecule has 1 heterocycles. The van der Waals surface area contributed by atoms with E-state index in [2.05, 4.69) is 27.4 Å². The normalized spacial score (nSPS) is 10.6. The number of hydrogen-bond donors (Lipinski definition) is 2. The Morgan fingerprint density at radius 2 is 2.23 bits per heavy atom. The third kappa shape index (κ3) is 3.55. The fourth-order valence-corrected chi connectivity index (χ4v) is 1.22. The van der Waals surface area contributed by atoms with Crippen molar-refractivity contribution in [2.45, 2.75) is 32.6 Å². The minimum Gasteiger partial charge on any atom is -0.320 e. The van der Waals surface area contributed by atoms with E-state index in [1.807, 2.05) is 7.05 Å². The zero-order valence-electron chi connectivity index (χ0n) is 8.43. The van der Waals surface area contributed by atoms with Crippen molar-refractivity contribution in [3.05, 3.63) is 11.6 Å². The SMILES string of the molecule is CCCc1nc(CCCNC)n[nH]1. The summed E-state index contributed by atoms with van der Waals surface area (Å²) in [6, 6.07) is 0. The highest BCUT2D eigenvalue weighted by atomic mass is 15.2. The van der Waals surface area contributed by atoms with E-state index in [0.29, 0.717) is 0 Å². The molecule has 1 aromatic rings. The van der Waals surface area contributed by atoms with Crippen LogP contribution < -0.4 is 5.32 Å². The average molecular weight is 182 g/mol. The van der Waals surface area contributed by atoms with Crippen LogP contribution in [0.5, 0.6) is 0 Å². The first-order valence-corrected chi connectivity index (χ1v) is 4.91. The van der Waals surface area contributed by atoms with Crippen LogP contribution in [0.2, 0.25) is 0 Å². The Morgan fingerprint density at radius 3 is 2.92 bits per heavy atom. The van der Waals surface area contributed by atoms with Crippen molar-refractivity contribution in [3.8, 4) is 0 Å². The molecular weight excluding hydrogens is 164 g/mol. The van der Waals surface area contributed by atoms with Crippen molar-refractivity contribution in [1.82, 2.24) is 20.5 Å². The Hall–Kier alpha value is -0.900. The van der Waals surface area contributed by atoms with Crippen molar-refractivity contribution >= 4 is 0 Å². The zero-order valence-corrected chi connectivity index (χ0v) is 8.43. The number of aromatic nitrogens is 3. The van der Waals surface area contributed by atoms with Crippen LogP contribution in [0.4, 0.5) is 0 Å². The lowest BCUT2D eigenvalue weighted by Crippen LogP contribution is -2.08. The minimum atomic E-state index is 0.943. The van der Waals surface area contributed by atoms with Gasteiger partial charge < -0.3 is 5.32 Å². The quantitative estimate of drug-likeness (QED) is 0.643. The maximum absolute atomic E-state index is 4.38. The van der Waals surface area contributed by atoms with Gasteiger partial charge in [0.05, 0.1) is 0 Å². The second-order valence-corrected chi connectivity index (χ2v) is 3.16. The summed E-state index contributed by atoms with van der Waals surface area (Å²) >= 11 is 0. The molecule has 0 amide bonds. The molecule has 13 heavy (non-hydrogen) atoms. The fourth-order valence-electron chi connectivity index (χ4n) is 1.22. The lowest BCUT2D eigenvalue weighted by molar-refractivity contribution is 0.704. The molecule has 0 unspecified atom stereocenters. The summed E-state index contributed by atoms with van der Waals surface area (Å²) in [5.41, 5.74) is 0. The summed E-state index contributed by atoms with van der Waals surface area (Å²) in [6.07, 6.45) is 4.17. The molecule has 0 saturated carbocycles. The third-order valence-corrected chi connectivity index (χ3v) is 1.89. The smallest absolute Gasteiger partial charge is 0.150 e. The van der Waals surface area contributed by atoms with E-state index in [4.69, 9.17) is 0 Å². The van der Waals surface area contributed by atoms with E-state index >= 15 is 0 Å². The Bertz CT molecular complexity index is 231. The molecule has 0 radical (unpaired) electrons. The fraction of sp³-hybridized carbons (Fsp3) is 0.778. The number of aromatic amines is 1. The van der Waals surface area contributed by atoms with Gasteiger partial charge in [-0.2, -0.15) is 5.10 Å². The summed E-state index contributed by atoms with van der Waals surface area (Å²) in [5, 5.41) is 10.2. The molecule has 0 atom stereocenters. The van der Waals surface area contributed by atoms with E-state index in [9.17, 15) is 0 Å². The van der Waals surface area contributed by atoms with Crippen LogP contribution in [-0.2, 0) is 12.8 Å². The first-order valence-electron chi connectivity index (χ1n) is 4.91. The summed E-state index contributed by atoms with van der Waals surface area (Å²) < 4.78 is 0. The van der Waals surface area contributed by atoms with Gasteiger partial charge in [-0.1, -0.05) is 6.92 Å². The van der Waals surface area contributed by atoms with Crippen LogP contribution >= 0.6 is 0 Å². The minimum absolute atomic E-state index is 0.943. The highest BCUT2D eigenvalue weighted by Gasteiger charge is 2.00. The zero-order chi connectivity index (χ0) is 9.52. The van der Waals surface area contributed by atoms with Gasteiger partial charge in [-0.25, -0.2) is 4.98 Å². The Labute approximate surface area is 79.2 Å². The molecule has 0 spiro atoms. The van der Waals surface area contributed by atoms with E-state index in [1.165, 1.54) is 0 Å². The maximum atomic E-state index is 4.38. The van der Waals surface area contributed by atoms with E-state index < -0.39 is 0 Å². The molecule has 1 aromatic heterocycles. The van der Waals surface area contributed by atoms with Gasteiger partial charge in [0.2, 0.25) is 0 Å². The Kier molecular flexibility index (Phi) is 4.46. The standard InChI is InChI=1S/C9H18N4/c1-3-5-8-11-9(13-12-8)6-4-7-10-2/h10H,3-7H2,1-2H3,(H,11,12,13).